The Hall–Kier alpha value is -2.35. The van der Waals surface area contributed by atoms with Gasteiger partial charge in [-0.2, -0.15) is 0 Å². The molecule has 0 spiro atoms. The molecule has 0 saturated carbocycles. The average Bonchev–Trinajstić information content (AvgIpc) is 3.01. The fourth-order valence-corrected chi connectivity index (χ4v) is 3.17. The van der Waals surface area contributed by atoms with Crippen molar-refractivity contribution in [2.24, 2.45) is 0 Å². The van der Waals surface area contributed by atoms with Crippen molar-refractivity contribution < 1.29 is 9.53 Å². The lowest BCUT2D eigenvalue weighted by Crippen LogP contribution is -2.12. The maximum atomic E-state index is 11.2. The lowest BCUT2D eigenvalue weighted by Gasteiger charge is -2.08. The lowest BCUT2D eigenvalue weighted by atomic mass is 9.97. The molecule has 1 atom stereocenters. The first-order valence-corrected chi connectivity index (χ1v) is 8.71. The van der Waals surface area contributed by atoms with Gasteiger partial charge < -0.3 is 9.53 Å². The Labute approximate surface area is 144 Å². The minimum absolute atomic E-state index is 0.245. The van der Waals surface area contributed by atoms with Gasteiger partial charge in [-0.3, -0.25) is 0 Å². The summed E-state index contributed by atoms with van der Waals surface area (Å²) in [5.41, 5.74) is 3.81. The molecule has 2 nitrogen and oxygen atoms in total. The molecule has 0 N–H and O–H groups in total. The first-order valence-electron chi connectivity index (χ1n) is 8.71. The van der Waals surface area contributed by atoms with Crippen LogP contribution in [-0.4, -0.2) is 11.9 Å². The molecule has 0 fully saturated rings. The maximum Gasteiger partial charge on any atom is 0.130 e. The SMILES string of the molecule is CC(=O)CCc1cccc2c1C[C@@H](CC/C=C/c1ccccc1)O2. The van der Waals surface area contributed by atoms with Crippen molar-refractivity contribution in [3.05, 3.63) is 71.3 Å². The summed E-state index contributed by atoms with van der Waals surface area (Å²) in [5, 5.41) is 0. The van der Waals surface area contributed by atoms with Crippen LogP contribution in [0, 0.1) is 0 Å². The maximum absolute atomic E-state index is 11.2. The number of allylic oxidation sites excluding steroid dienone is 1. The van der Waals surface area contributed by atoms with Crippen LogP contribution >= 0.6 is 0 Å². The first kappa shape index (κ1) is 16.5. The van der Waals surface area contributed by atoms with E-state index in [1.807, 2.05) is 18.2 Å². The molecule has 24 heavy (non-hydrogen) atoms. The molecule has 0 unspecified atom stereocenters. The van der Waals surface area contributed by atoms with E-state index in [9.17, 15) is 4.79 Å². The smallest absolute Gasteiger partial charge is 0.130 e. The summed E-state index contributed by atoms with van der Waals surface area (Å²) >= 11 is 0. The second-order valence-electron chi connectivity index (χ2n) is 6.43. The van der Waals surface area contributed by atoms with Crippen molar-refractivity contribution in [1.29, 1.82) is 0 Å². The van der Waals surface area contributed by atoms with E-state index in [4.69, 9.17) is 4.74 Å². The van der Waals surface area contributed by atoms with E-state index in [1.165, 1.54) is 16.7 Å². The van der Waals surface area contributed by atoms with Crippen LogP contribution in [0.25, 0.3) is 6.08 Å². The number of hydrogen-bond donors (Lipinski definition) is 0. The van der Waals surface area contributed by atoms with Crippen molar-refractivity contribution in [1.82, 2.24) is 0 Å². The average molecular weight is 320 g/mol. The number of ketones is 1. The van der Waals surface area contributed by atoms with Gasteiger partial charge in [0, 0.05) is 18.4 Å². The van der Waals surface area contributed by atoms with Crippen LogP contribution in [0.5, 0.6) is 5.75 Å². The Balaban J connectivity index is 1.53. The highest BCUT2D eigenvalue weighted by atomic mass is 16.5. The van der Waals surface area contributed by atoms with E-state index in [-0.39, 0.29) is 11.9 Å². The molecular formula is C22H24O2. The van der Waals surface area contributed by atoms with Gasteiger partial charge in [0.25, 0.3) is 0 Å². The van der Waals surface area contributed by atoms with Crippen molar-refractivity contribution in [3.63, 3.8) is 0 Å². The molecule has 124 valence electrons. The van der Waals surface area contributed by atoms with Gasteiger partial charge in [-0.15, -0.1) is 0 Å². The summed E-state index contributed by atoms with van der Waals surface area (Å²) in [6, 6.07) is 16.6. The normalized spacial score (nSPS) is 16.1. The van der Waals surface area contributed by atoms with E-state index >= 15 is 0 Å². The number of carbonyl (C=O) groups excluding carboxylic acids is 1. The Morgan fingerprint density at radius 1 is 1.17 bits per heavy atom. The van der Waals surface area contributed by atoms with Crippen LogP contribution in [0.1, 0.15) is 42.9 Å². The minimum Gasteiger partial charge on any atom is -0.490 e. The Morgan fingerprint density at radius 3 is 2.79 bits per heavy atom. The van der Waals surface area contributed by atoms with Crippen molar-refractivity contribution >= 4 is 11.9 Å². The van der Waals surface area contributed by atoms with Crippen LogP contribution in [-0.2, 0) is 17.6 Å². The summed E-state index contributed by atoms with van der Waals surface area (Å²) in [6.07, 6.45) is 9.06. The van der Waals surface area contributed by atoms with Gasteiger partial charge in [-0.05, 0) is 43.4 Å². The van der Waals surface area contributed by atoms with E-state index in [0.717, 1.165) is 31.4 Å². The number of ether oxygens (including phenoxy) is 1. The molecule has 0 amide bonds. The second-order valence-corrected chi connectivity index (χ2v) is 6.43. The van der Waals surface area contributed by atoms with E-state index < -0.39 is 0 Å². The van der Waals surface area contributed by atoms with Crippen molar-refractivity contribution in [2.45, 2.75) is 45.1 Å². The number of fused-ring (bicyclic) bond motifs is 1. The van der Waals surface area contributed by atoms with Crippen molar-refractivity contribution in [2.75, 3.05) is 0 Å². The molecule has 1 aliphatic rings. The fraction of sp³-hybridized carbons (Fsp3) is 0.318. The van der Waals surface area contributed by atoms with E-state index in [1.54, 1.807) is 6.92 Å². The zero-order chi connectivity index (χ0) is 16.8. The van der Waals surface area contributed by atoms with Crippen LogP contribution in [0.15, 0.2) is 54.6 Å². The molecule has 0 bridgehead atoms. The number of rotatable bonds is 7. The molecule has 0 aliphatic carbocycles. The summed E-state index contributed by atoms with van der Waals surface area (Å²) in [5.74, 6) is 1.25. The third kappa shape index (κ3) is 4.35. The number of hydrogen-bond acceptors (Lipinski definition) is 2. The van der Waals surface area contributed by atoms with E-state index in [2.05, 4.69) is 42.5 Å². The van der Waals surface area contributed by atoms with Crippen LogP contribution in [0.2, 0.25) is 0 Å². The van der Waals surface area contributed by atoms with Crippen molar-refractivity contribution in [3.8, 4) is 5.75 Å². The molecule has 2 heteroatoms. The lowest BCUT2D eigenvalue weighted by molar-refractivity contribution is -0.116. The van der Waals surface area contributed by atoms with Gasteiger partial charge in [0.2, 0.25) is 0 Å². The topological polar surface area (TPSA) is 26.3 Å². The minimum atomic E-state index is 0.245. The summed E-state index contributed by atoms with van der Waals surface area (Å²) < 4.78 is 6.09. The van der Waals surface area contributed by atoms with Crippen LogP contribution in [0.3, 0.4) is 0 Å². The number of aryl methyl sites for hydroxylation is 1. The van der Waals surface area contributed by atoms with Gasteiger partial charge in [-0.1, -0.05) is 54.6 Å². The summed E-state index contributed by atoms with van der Waals surface area (Å²) in [4.78, 5) is 11.2. The van der Waals surface area contributed by atoms with Gasteiger partial charge in [0.1, 0.15) is 17.6 Å². The summed E-state index contributed by atoms with van der Waals surface area (Å²) in [6.45, 7) is 1.65. The van der Waals surface area contributed by atoms with Gasteiger partial charge >= 0.3 is 0 Å². The fourth-order valence-electron chi connectivity index (χ4n) is 3.17. The zero-order valence-corrected chi connectivity index (χ0v) is 14.2. The van der Waals surface area contributed by atoms with E-state index in [0.29, 0.717) is 6.42 Å². The molecule has 2 aromatic carbocycles. The highest BCUT2D eigenvalue weighted by molar-refractivity contribution is 5.75. The second kappa shape index (κ2) is 7.96. The number of carbonyl (C=O) groups is 1. The van der Waals surface area contributed by atoms with Crippen LogP contribution < -0.4 is 4.74 Å². The van der Waals surface area contributed by atoms with Gasteiger partial charge in [0.15, 0.2) is 0 Å². The third-order valence-electron chi connectivity index (χ3n) is 4.47. The zero-order valence-electron chi connectivity index (χ0n) is 14.2. The molecule has 1 aliphatic heterocycles. The monoisotopic (exact) mass is 320 g/mol. The largest absolute Gasteiger partial charge is 0.490 e. The molecule has 2 aromatic rings. The van der Waals surface area contributed by atoms with Gasteiger partial charge in [0.05, 0.1) is 0 Å². The standard InChI is InChI=1S/C22H24O2/c1-17(23)14-15-19-11-7-13-22-21(19)16-20(24-22)12-6-5-10-18-8-3-2-4-9-18/h2-5,7-11,13,20H,6,12,14-16H2,1H3/b10-5+/t20-/m1/s1. The highest BCUT2D eigenvalue weighted by Gasteiger charge is 2.24. The third-order valence-corrected chi connectivity index (χ3v) is 4.47. The Morgan fingerprint density at radius 2 is 2.00 bits per heavy atom. The summed E-state index contributed by atoms with van der Waals surface area (Å²) in [7, 11) is 0. The van der Waals surface area contributed by atoms with Gasteiger partial charge in [-0.25, -0.2) is 0 Å². The number of Topliss-reactive ketones (excluding diaryl/α,β-unsaturated/α-hetero) is 1. The molecule has 0 saturated heterocycles. The predicted octanol–water partition coefficient (Wildman–Crippen LogP) is 5.01. The molecule has 0 aromatic heterocycles. The Bertz CT molecular complexity index is 716. The molecular weight excluding hydrogens is 296 g/mol. The quantitative estimate of drug-likeness (QED) is 0.717. The molecule has 1 heterocycles. The Kier molecular flexibility index (Phi) is 5.47. The first-order chi connectivity index (χ1) is 11.7. The highest BCUT2D eigenvalue weighted by Crippen LogP contribution is 2.33. The number of benzene rings is 2. The molecule has 0 radical (unpaired) electrons. The molecule has 3 rings (SSSR count). The van der Waals surface area contributed by atoms with Crippen LogP contribution in [0.4, 0.5) is 0 Å². The predicted molar refractivity (Wildman–Crippen MR) is 98.3 cm³/mol.